The maximum Gasteiger partial charge on any atom is 0.119 e. The molecule has 0 aliphatic heterocycles. The van der Waals surface area contributed by atoms with E-state index in [-0.39, 0.29) is 0 Å². The second-order valence-corrected chi connectivity index (χ2v) is 6.56. The average Bonchev–Trinajstić information content (AvgIpc) is 2.39. The van der Waals surface area contributed by atoms with E-state index in [0.717, 1.165) is 18.2 Å². The summed E-state index contributed by atoms with van der Waals surface area (Å²) in [6.07, 6.45) is 3.89. The average molecular weight is 265 g/mol. The number of thioether (sulfide) groups is 1. The molecule has 3 unspecified atom stereocenters. The largest absolute Gasteiger partial charge is 0.497 e. The van der Waals surface area contributed by atoms with E-state index in [4.69, 9.17) is 10.5 Å². The summed E-state index contributed by atoms with van der Waals surface area (Å²) in [5.41, 5.74) is 5.91. The van der Waals surface area contributed by atoms with Crippen LogP contribution in [0.2, 0.25) is 0 Å². The molecule has 0 radical (unpaired) electrons. The highest BCUT2D eigenvalue weighted by molar-refractivity contribution is 8.00. The molecule has 1 aromatic rings. The number of ether oxygens (including phenoxy) is 1. The first-order chi connectivity index (χ1) is 8.72. The molecule has 2 N–H and O–H groups in total. The maximum atomic E-state index is 5.91. The smallest absolute Gasteiger partial charge is 0.119 e. The Morgan fingerprint density at radius 3 is 2.94 bits per heavy atom. The zero-order valence-electron chi connectivity index (χ0n) is 11.3. The summed E-state index contributed by atoms with van der Waals surface area (Å²) in [5, 5.41) is 0.658. The van der Waals surface area contributed by atoms with E-state index < -0.39 is 0 Å². The standard InChI is InChI=1S/C15H23NOS/c1-11-6-7-12(10-16)15(8-11)18-14-5-3-4-13(9-14)17-2/h3-5,9,11-12,15H,6-8,10,16H2,1-2H3. The van der Waals surface area contributed by atoms with Crippen molar-refractivity contribution in [1.29, 1.82) is 0 Å². The molecule has 0 saturated heterocycles. The summed E-state index contributed by atoms with van der Waals surface area (Å²) in [6.45, 7) is 3.17. The van der Waals surface area contributed by atoms with Crippen molar-refractivity contribution >= 4 is 11.8 Å². The lowest BCUT2D eigenvalue weighted by molar-refractivity contribution is 0.306. The molecule has 1 aliphatic rings. The zero-order chi connectivity index (χ0) is 13.0. The Kier molecular flexibility index (Phi) is 4.95. The predicted molar refractivity (Wildman–Crippen MR) is 78.2 cm³/mol. The highest BCUT2D eigenvalue weighted by Gasteiger charge is 2.28. The summed E-state index contributed by atoms with van der Waals surface area (Å²) >= 11 is 1.97. The molecular weight excluding hydrogens is 242 g/mol. The molecule has 3 heteroatoms. The summed E-state index contributed by atoms with van der Waals surface area (Å²) in [5.74, 6) is 2.43. The molecule has 0 aromatic heterocycles. The lowest BCUT2D eigenvalue weighted by Gasteiger charge is -2.33. The Morgan fingerprint density at radius 2 is 2.22 bits per heavy atom. The number of benzene rings is 1. The second-order valence-electron chi connectivity index (χ2n) is 5.25. The van der Waals surface area contributed by atoms with Gasteiger partial charge in [-0.15, -0.1) is 11.8 Å². The van der Waals surface area contributed by atoms with Gasteiger partial charge in [-0.3, -0.25) is 0 Å². The van der Waals surface area contributed by atoms with Crippen LogP contribution in [0.15, 0.2) is 29.2 Å². The van der Waals surface area contributed by atoms with Crippen molar-refractivity contribution in [2.24, 2.45) is 17.6 Å². The van der Waals surface area contributed by atoms with E-state index in [1.807, 2.05) is 17.8 Å². The molecule has 1 aliphatic carbocycles. The van der Waals surface area contributed by atoms with Crippen LogP contribution in [-0.4, -0.2) is 18.9 Å². The van der Waals surface area contributed by atoms with Gasteiger partial charge >= 0.3 is 0 Å². The summed E-state index contributed by atoms with van der Waals surface area (Å²) in [6, 6.07) is 8.34. The van der Waals surface area contributed by atoms with Gasteiger partial charge in [0.05, 0.1) is 7.11 Å². The molecule has 0 bridgehead atoms. The Bertz CT molecular complexity index is 383. The fourth-order valence-electron chi connectivity index (χ4n) is 2.65. The van der Waals surface area contributed by atoms with Crippen molar-refractivity contribution in [2.75, 3.05) is 13.7 Å². The second kappa shape index (κ2) is 6.48. The van der Waals surface area contributed by atoms with E-state index in [1.54, 1.807) is 7.11 Å². The van der Waals surface area contributed by atoms with Gasteiger partial charge in [0.1, 0.15) is 5.75 Å². The highest BCUT2D eigenvalue weighted by Crippen LogP contribution is 2.40. The fraction of sp³-hybridized carbons (Fsp3) is 0.600. The fourth-order valence-corrected chi connectivity index (χ4v) is 4.21. The minimum absolute atomic E-state index is 0.658. The topological polar surface area (TPSA) is 35.2 Å². The summed E-state index contributed by atoms with van der Waals surface area (Å²) in [7, 11) is 1.72. The number of rotatable bonds is 4. The molecule has 18 heavy (non-hydrogen) atoms. The van der Waals surface area contributed by atoms with Crippen LogP contribution in [0.4, 0.5) is 0 Å². The lowest BCUT2D eigenvalue weighted by Crippen LogP contribution is -2.31. The first-order valence-corrected chi connectivity index (χ1v) is 7.61. The molecule has 0 heterocycles. The predicted octanol–water partition coefficient (Wildman–Crippen LogP) is 3.55. The Labute approximate surface area is 114 Å². The minimum Gasteiger partial charge on any atom is -0.497 e. The van der Waals surface area contributed by atoms with Crippen molar-refractivity contribution in [1.82, 2.24) is 0 Å². The van der Waals surface area contributed by atoms with Crippen molar-refractivity contribution in [3.8, 4) is 5.75 Å². The third-order valence-corrected chi connectivity index (χ3v) is 5.23. The van der Waals surface area contributed by atoms with Crippen molar-refractivity contribution in [2.45, 2.75) is 36.3 Å². The molecule has 1 saturated carbocycles. The van der Waals surface area contributed by atoms with E-state index >= 15 is 0 Å². The molecule has 2 rings (SSSR count). The minimum atomic E-state index is 0.658. The van der Waals surface area contributed by atoms with Crippen molar-refractivity contribution in [3.05, 3.63) is 24.3 Å². The van der Waals surface area contributed by atoms with Gasteiger partial charge in [0.2, 0.25) is 0 Å². The zero-order valence-corrected chi connectivity index (χ0v) is 12.1. The van der Waals surface area contributed by atoms with Gasteiger partial charge < -0.3 is 10.5 Å². The monoisotopic (exact) mass is 265 g/mol. The molecule has 0 amide bonds. The van der Waals surface area contributed by atoms with Crippen LogP contribution in [-0.2, 0) is 0 Å². The number of hydrogen-bond acceptors (Lipinski definition) is 3. The van der Waals surface area contributed by atoms with Gasteiger partial charge in [0.15, 0.2) is 0 Å². The van der Waals surface area contributed by atoms with Crippen LogP contribution in [0.1, 0.15) is 26.2 Å². The Morgan fingerprint density at radius 1 is 1.39 bits per heavy atom. The normalized spacial score (nSPS) is 28.1. The van der Waals surface area contributed by atoms with Crippen molar-refractivity contribution in [3.63, 3.8) is 0 Å². The van der Waals surface area contributed by atoms with Gasteiger partial charge in [-0.05, 0) is 49.4 Å². The molecule has 0 spiro atoms. The molecule has 100 valence electrons. The Hall–Kier alpha value is -0.670. The van der Waals surface area contributed by atoms with Crippen LogP contribution in [0.25, 0.3) is 0 Å². The molecular formula is C15H23NOS. The summed E-state index contributed by atoms with van der Waals surface area (Å²) in [4.78, 5) is 1.30. The van der Waals surface area contributed by atoms with Gasteiger partial charge in [0.25, 0.3) is 0 Å². The number of nitrogens with two attached hydrogens (primary N) is 1. The molecule has 1 fully saturated rings. The van der Waals surface area contributed by atoms with E-state index in [0.29, 0.717) is 11.2 Å². The first-order valence-electron chi connectivity index (χ1n) is 6.73. The quantitative estimate of drug-likeness (QED) is 0.904. The lowest BCUT2D eigenvalue weighted by atomic mass is 9.82. The van der Waals surface area contributed by atoms with Crippen LogP contribution in [0, 0.1) is 11.8 Å². The van der Waals surface area contributed by atoms with Crippen LogP contribution in [0.5, 0.6) is 5.75 Å². The highest BCUT2D eigenvalue weighted by atomic mass is 32.2. The maximum absolute atomic E-state index is 5.91. The third-order valence-electron chi connectivity index (χ3n) is 3.82. The van der Waals surface area contributed by atoms with Crippen LogP contribution in [0.3, 0.4) is 0 Å². The van der Waals surface area contributed by atoms with Crippen molar-refractivity contribution < 1.29 is 4.74 Å². The van der Waals surface area contributed by atoms with E-state index in [2.05, 4.69) is 25.1 Å². The number of hydrogen-bond donors (Lipinski definition) is 1. The molecule has 1 aromatic carbocycles. The Balaban J connectivity index is 2.05. The van der Waals surface area contributed by atoms with E-state index in [1.165, 1.54) is 24.2 Å². The SMILES string of the molecule is COc1cccc(SC2CC(C)CCC2CN)c1. The number of methoxy groups -OCH3 is 1. The first kappa shape index (κ1) is 13.8. The van der Waals surface area contributed by atoms with Gasteiger partial charge in [-0.25, -0.2) is 0 Å². The van der Waals surface area contributed by atoms with E-state index in [9.17, 15) is 0 Å². The molecule has 3 atom stereocenters. The van der Waals surface area contributed by atoms with Crippen LogP contribution >= 0.6 is 11.8 Å². The van der Waals surface area contributed by atoms with Gasteiger partial charge in [-0.2, -0.15) is 0 Å². The summed E-state index contributed by atoms with van der Waals surface area (Å²) < 4.78 is 5.28. The van der Waals surface area contributed by atoms with Crippen LogP contribution < -0.4 is 10.5 Å². The van der Waals surface area contributed by atoms with Gasteiger partial charge in [0, 0.05) is 10.1 Å². The third kappa shape index (κ3) is 3.42. The molecule has 2 nitrogen and oxygen atoms in total. The van der Waals surface area contributed by atoms with Gasteiger partial charge in [-0.1, -0.05) is 19.4 Å².